The predicted octanol–water partition coefficient (Wildman–Crippen LogP) is 5.45. The van der Waals surface area contributed by atoms with E-state index in [9.17, 15) is 18.0 Å². The van der Waals surface area contributed by atoms with Crippen LogP contribution in [0.3, 0.4) is 0 Å². The van der Waals surface area contributed by atoms with Gasteiger partial charge in [0, 0.05) is 12.1 Å². The summed E-state index contributed by atoms with van der Waals surface area (Å²) in [7, 11) is -4.11. The third-order valence-electron chi connectivity index (χ3n) is 6.83. The summed E-state index contributed by atoms with van der Waals surface area (Å²) in [6, 6.07) is 18.8. The fourth-order valence-electron chi connectivity index (χ4n) is 4.42. The molecule has 40 heavy (non-hydrogen) atoms. The van der Waals surface area contributed by atoms with Crippen LogP contribution in [0.15, 0.2) is 71.6 Å². The lowest BCUT2D eigenvalue weighted by Gasteiger charge is -2.34. The fraction of sp³-hybridized carbons (Fsp3) is 0.375. The van der Waals surface area contributed by atoms with Crippen LogP contribution in [0, 0.1) is 27.7 Å². The van der Waals surface area contributed by atoms with Crippen LogP contribution in [0.4, 0.5) is 5.69 Å². The highest BCUT2D eigenvalue weighted by Crippen LogP contribution is 2.29. The number of aryl methyl sites for hydroxylation is 3. The van der Waals surface area contributed by atoms with Gasteiger partial charge in [-0.05, 0) is 90.3 Å². The average Bonchev–Trinajstić information content (AvgIpc) is 2.86. The second-order valence-corrected chi connectivity index (χ2v) is 13.3. The summed E-state index contributed by atoms with van der Waals surface area (Å²) in [5.41, 5.74) is 4.40. The summed E-state index contributed by atoms with van der Waals surface area (Å²) in [6.45, 7) is 14.6. The van der Waals surface area contributed by atoms with Crippen LogP contribution < -0.4 is 9.62 Å². The van der Waals surface area contributed by atoms with Crippen molar-refractivity contribution in [1.29, 1.82) is 0 Å². The lowest BCUT2D eigenvalue weighted by molar-refractivity contribution is -0.140. The number of rotatable bonds is 9. The first kappa shape index (κ1) is 30.9. The van der Waals surface area contributed by atoms with Crippen molar-refractivity contribution in [3.63, 3.8) is 0 Å². The number of benzene rings is 3. The molecular formula is C32H41N3O4S. The van der Waals surface area contributed by atoms with Crippen LogP contribution in [0.25, 0.3) is 0 Å². The van der Waals surface area contributed by atoms with Gasteiger partial charge in [0.25, 0.3) is 10.0 Å². The molecule has 0 spiro atoms. The first-order valence-electron chi connectivity index (χ1n) is 13.4. The Balaban J connectivity index is 2.08. The third kappa shape index (κ3) is 7.50. The zero-order valence-electron chi connectivity index (χ0n) is 24.8. The number of anilines is 1. The van der Waals surface area contributed by atoms with Crippen molar-refractivity contribution >= 4 is 27.5 Å². The smallest absolute Gasteiger partial charge is 0.264 e. The topological polar surface area (TPSA) is 86.8 Å². The number of hydrogen-bond donors (Lipinski definition) is 1. The molecule has 0 bridgehead atoms. The van der Waals surface area contributed by atoms with E-state index in [1.807, 2.05) is 78.8 Å². The van der Waals surface area contributed by atoms with Gasteiger partial charge in [0.05, 0.1) is 10.6 Å². The maximum atomic E-state index is 14.1. The van der Waals surface area contributed by atoms with Gasteiger partial charge < -0.3 is 10.2 Å². The molecule has 0 saturated carbocycles. The summed E-state index contributed by atoms with van der Waals surface area (Å²) in [5.74, 6) is -0.789. The predicted molar refractivity (Wildman–Crippen MR) is 161 cm³/mol. The van der Waals surface area contributed by atoms with Crippen molar-refractivity contribution in [1.82, 2.24) is 10.2 Å². The molecule has 0 radical (unpaired) electrons. The molecule has 3 rings (SSSR count). The molecule has 0 aliphatic carbocycles. The third-order valence-corrected chi connectivity index (χ3v) is 8.61. The number of carbonyl (C=O) groups is 2. The number of amides is 2. The molecule has 0 aliphatic rings. The van der Waals surface area contributed by atoms with Crippen LogP contribution in [-0.4, -0.2) is 43.3 Å². The van der Waals surface area contributed by atoms with Gasteiger partial charge in [-0.2, -0.15) is 0 Å². The van der Waals surface area contributed by atoms with Crippen LogP contribution >= 0.6 is 0 Å². The summed E-state index contributed by atoms with van der Waals surface area (Å²) in [4.78, 5) is 28.9. The van der Waals surface area contributed by atoms with Crippen LogP contribution in [0.5, 0.6) is 0 Å². The Morgan fingerprint density at radius 3 is 2.10 bits per heavy atom. The molecular weight excluding hydrogens is 522 g/mol. The van der Waals surface area contributed by atoms with E-state index in [4.69, 9.17) is 0 Å². The Labute approximate surface area is 239 Å². The minimum absolute atomic E-state index is 0.0931. The van der Waals surface area contributed by atoms with Crippen molar-refractivity contribution in [2.24, 2.45) is 0 Å². The zero-order chi connectivity index (χ0) is 29.8. The van der Waals surface area contributed by atoms with E-state index in [0.717, 1.165) is 27.8 Å². The number of carbonyl (C=O) groups excluding carboxylic acids is 2. The molecule has 8 heteroatoms. The quantitative estimate of drug-likeness (QED) is 0.375. The van der Waals surface area contributed by atoms with Crippen molar-refractivity contribution in [2.75, 3.05) is 10.8 Å². The van der Waals surface area contributed by atoms with E-state index in [2.05, 4.69) is 5.32 Å². The van der Waals surface area contributed by atoms with E-state index in [1.165, 1.54) is 9.21 Å². The highest BCUT2D eigenvalue weighted by molar-refractivity contribution is 7.92. The molecule has 0 aromatic heterocycles. The number of nitrogens with zero attached hydrogens (tertiary/aromatic N) is 2. The summed E-state index contributed by atoms with van der Waals surface area (Å²) in [6.07, 6.45) is 0. The highest BCUT2D eigenvalue weighted by atomic mass is 32.2. The molecule has 3 aromatic carbocycles. The number of hydrogen-bond acceptors (Lipinski definition) is 4. The molecule has 7 nitrogen and oxygen atoms in total. The molecule has 0 fully saturated rings. The summed E-state index contributed by atoms with van der Waals surface area (Å²) < 4.78 is 29.2. The lowest BCUT2D eigenvalue weighted by Crippen LogP contribution is -2.54. The van der Waals surface area contributed by atoms with E-state index >= 15 is 0 Å². The normalized spacial score (nSPS) is 12.5. The van der Waals surface area contributed by atoms with Crippen molar-refractivity contribution in [3.05, 3.63) is 94.5 Å². The van der Waals surface area contributed by atoms with E-state index in [-0.39, 0.29) is 17.3 Å². The van der Waals surface area contributed by atoms with Crippen LogP contribution in [0.2, 0.25) is 0 Å². The van der Waals surface area contributed by atoms with E-state index < -0.39 is 34.1 Å². The molecule has 2 amide bonds. The minimum Gasteiger partial charge on any atom is -0.350 e. The largest absolute Gasteiger partial charge is 0.350 e. The lowest BCUT2D eigenvalue weighted by atomic mass is 10.1. The van der Waals surface area contributed by atoms with Crippen molar-refractivity contribution < 1.29 is 18.0 Å². The molecule has 1 N–H and O–H groups in total. The van der Waals surface area contributed by atoms with Gasteiger partial charge in [0.2, 0.25) is 11.8 Å². The maximum Gasteiger partial charge on any atom is 0.264 e. The van der Waals surface area contributed by atoms with Gasteiger partial charge in [-0.3, -0.25) is 13.9 Å². The second kappa shape index (κ2) is 12.3. The first-order chi connectivity index (χ1) is 18.6. The summed E-state index contributed by atoms with van der Waals surface area (Å²) in [5, 5.41) is 2.95. The minimum atomic E-state index is -4.11. The monoisotopic (exact) mass is 563 g/mol. The molecule has 1 atom stereocenters. The van der Waals surface area contributed by atoms with Crippen LogP contribution in [-0.2, 0) is 26.2 Å². The van der Waals surface area contributed by atoms with Gasteiger partial charge in [0.15, 0.2) is 0 Å². The van der Waals surface area contributed by atoms with Crippen molar-refractivity contribution in [3.8, 4) is 0 Å². The molecule has 0 unspecified atom stereocenters. The average molecular weight is 564 g/mol. The number of sulfonamides is 1. The Morgan fingerprint density at radius 1 is 0.875 bits per heavy atom. The molecule has 214 valence electrons. The van der Waals surface area contributed by atoms with Gasteiger partial charge in [0.1, 0.15) is 12.6 Å². The Bertz CT molecular complexity index is 1470. The Kier molecular flexibility index (Phi) is 9.46. The Hall–Kier alpha value is -3.65. The Morgan fingerprint density at radius 2 is 1.50 bits per heavy atom. The highest BCUT2D eigenvalue weighted by Gasteiger charge is 2.34. The standard InChI is InChI=1S/C32H41N3O4S/c1-22-15-17-28(18-16-22)40(38,39)35(29-14-10-12-24(3)25(29)4)21-30(36)34(20-27-13-9-11-23(2)19-27)26(5)31(37)33-32(6,7)8/h9-19,26H,20-21H2,1-8H3,(H,33,37)/t26-/m0/s1. The van der Waals surface area contributed by atoms with E-state index in [0.29, 0.717) is 5.69 Å². The van der Waals surface area contributed by atoms with Gasteiger partial charge in [-0.25, -0.2) is 8.42 Å². The van der Waals surface area contributed by atoms with Crippen molar-refractivity contribution in [2.45, 2.75) is 78.4 Å². The fourth-order valence-corrected chi connectivity index (χ4v) is 5.89. The number of nitrogens with one attached hydrogen (secondary N) is 1. The van der Waals surface area contributed by atoms with E-state index in [1.54, 1.807) is 43.3 Å². The van der Waals surface area contributed by atoms with Gasteiger partial charge in [-0.15, -0.1) is 0 Å². The SMILES string of the molecule is Cc1ccc(S(=O)(=O)N(CC(=O)N(Cc2cccc(C)c2)[C@@H](C)C(=O)NC(C)(C)C)c2cccc(C)c2C)cc1. The van der Waals surface area contributed by atoms with Gasteiger partial charge >= 0.3 is 0 Å². The second-order valence-electron chi connectivity index (χ2n) is 11.5. The van der Waals surface area contributed by atoms with Gasteiger partial charge in [-0.1, -0.05) is 59.7 Å². The zero-order valence-corrected chi connectivity index (χ0v) is 25.6. The molecule has 0 saturated heterocycles. The van der Waals surface area contributed by atoms with Crippen LogP contribution in [0.1, 0.15) is 55.5 Å². The summed E-state index contributed by atoms with van der Waals surface area (Å²) >= 11 is 0. The molecule has 3 aromatic rings. The first-order valence-corrected chi connectivity index (χ1v) is 14.9. The molecule has 0 aliphatic heterocycles. The molecule has 0 heterocycles. The maximum absolute atomic E-state index is 14.1.